The minimum Gasteiger partial charge on any atom is -0.386 e. The fourth-order valence-electron chi connectivity index (χ4n) is 2.18. The molecule has 0 aromatic heterocycles. The fraction of sp³-hybridized carbons (Fsp3) is 0.294. The van der Waals surface area contributed by atoms with Crippen LogP contribution in [0.3, 0.4) is 0 Å². The molecule has 2 unspecified atom stereocenters. The van der Waals surface area contributed by atoms with Gasteiger partial charge in [0, 0.05) is 5.02 Å². The minimum absolute atomic E-state index is 0.463. The summed E-state index contributed by atoms with van der Waals surface area (Å²) < 4.78 is 0. The van der Waals surface area contributed by atoms with Crippen molar-refractivity contribution in [1.82, 2.24) is 0 Å². The molecule has 2 nitrogen and oxygen atoms in total. The number of rotatable bonds is 4. The van der Waals surface area contributed by atoms with Gasteiger partial charge in [0.1, 0.15) is 0 Å². The highest BCUT2D eigenvalue weighted by molar-refractivity contribution is 6.30. The van der Waals surface area contributed by atoms with E-state index in [1.807, 2.05) is 24.3 Å². The number of hydrogen-bond acceptors (Lipinski definition) is 2. The van der Waals surface area contributed by atoms with Crippen LogP contribution in [-0.4, -0.2) is 5.11 Å². The molecule has 0 aliphatic heterocycles. The van der Waals surface area contributed by atoms with Gasteiger partial charge in [0.05, 0.1) is 12.1 Å². The van der Waals surface area contributed by atoms with Crippen molar-refractivity contribution in [3.63, 3.8) is 0 Å². The lowest BCUT2D eigenvalue weighted by Gasteiger charge is -2.20. The molecule has 0 saturated carbocycles. The third kappa shape index (κ3) is 3.40. The molecule has 3 N–H and O–H groups in total. The first-order valence-electron chi connectivity index (χ1n) is 6.78. The zero-order valence-corrected chi connectivity index (χ0v) is 12.5. The number of nitrogens with two attached hydrogens (primary N) is 1. The molecule has 2 atom stereocenters. The molecule has 0 radical (unpaired) electrons. The molecule has 2 rings (SSSR count). The predicted octanol–water partition coefficient (Wildman–Crippen LogP) is 4.20. The summed E-state index contributed by atoms with van der Waals surface area (Å²) in [6, 6.07) is 14.8. The standard InChI is InChI=1S/C17H20ClNO/c1-11(2)12-6-8-13(9-7-12)16(19)17(20)14-4-3-5-15(18)10-14/h3-11,16-17,20H,19H2,1-2H3. The Morgan fingerprint density at radius 2 is 1.55 bits per heavy atom. The summed E-state index contributed by atoms with van der Waals surface area (Å²) in [7, 11) is 0. The van der Waals surface area contributed by atoms with Crippen molar-refractivity contribution in [3.05, 3.63) is 70.2 Å². The highest BCUT2D eigenvalue weighted by atomic mass is 35.5. The van der Waals surface area contributed by atoms with Gasteiger partial charge in [-0.3, -0.25) is 0 Å². The summed E-state index contributed by atoms with van der Waals surface area (Å²) in [5.41, 5.74) is 9.07. The van der Waals surface area contributed by atoms with Crippen LogP contribution >= 0.6 is 11.6 Å². The average molecular weight is 290 g/mol. The highest BCUT2D eigenvalue weighted by Gasteiger charge is 2.19. The molecule has 2 aromatic rings. The van der Waals surface area contributed by atoms with E-state index in [0.717, 1.165) is 11.1 Å². The van der Waals surface area contributed by atoms with Crippen LogP contribution in [0, 0.1) is 0 Å². The van der Waals surface area contributed by atoms with E-state index in [9.17, 15) is 5.11 Å². The summed E-state index contributed by atoms with van der Waals surface area (Å²) in [6.07, 6.45) is -0.765. The Balaban J connectivity index is 2.20. The molecule has 0 spiro atoms. The highest BCUT2D eigenvalue weighted by Crippen LogP contribution is 2.29. The van der Waals surface area contributed by atoms with E-state index >= 15 is 0 Å². The van der Waals surface area contributed by atoms with Gasteiger partial charge in [0.25, 0.3) is 0 Å². The van der Waals surface area contributed by atoms with E-state index in [0.29, 0.717) is 10.9 Å². The van der Waals surface area contributed by atoms with Gasteiger partial charge in [0.15, 0.2) is 0 Å². The van der Waals surface area contributed by atoms with Crippen LogP contribution in [0.15, 0.2) is 48.5 Å². The maximum Gasteiger partial charge on any atom is 0.0983 e. The van der Waals surface area contributed by atoms with Gasteiger partial charge in [0.2, 0.25) is 0 Å². The number of aliphatic hydroxyl groups excluding tert-OH is 1. The molecule has 106 valence electrons. The van der Waals surface area contributed by atoms with Gasteiger partial charge < -0.3 is 10.8 Å². The van der Waals surface area contributed by atoms with Gasteiger partial charge in [-0.05, 0) is 34.7 Å². The molecular weight excluding hydrogens is 270 g/mol. The molecule has 0 saturated heterocycles. The summed E-state index contributed by atoms with van der Waals surface area (Å²) in [6.45, 7) is 4.30. The van der Waals surface area contributed by atoms with Gasteiger partial charge in [-0.25, -0.2) is 0 Å². The minimum atomic E-state index is -0.765. The van der Waals surface area contributed by atoms with Gasteiger partial charge >= 0.3 is 0 Å². The maximum absolute atomic E-state index is 10.4. The summed E-state index contributed by atoms with van der Waals surface area (Å²) in [4.78, 5) is 0. The number of halogens is 1. The summed E-state index contributed by atoms with van der Waals surface area (Å²) >= 11 is 5.94. The Labute approximate surface area is 125 Å². The third-order valence-electron chi connectivity index (χ3n) is 3.52. The first-order valence-corrected chi connectivity index (χ1v) is 7.16. The van der Waals surface area contributed by atoms with Crippen molar-refractivity contribution in [2.24, 2.45) is 5.73 Å². The first-order chi connectivity index (χ1) is 9.49. The van der Waals surface area contributed by atoms with Gasteiger partial charge in [-0.15, -0.1) is 0 Å². The van der Waals surface area contributed by atoms with Gasteiger partial charge in [-0.1, -0.05) is 61.8 Å². The van der Waals surface area contributed by atoms with E-state index < -0.39 is 12.1 Å². The molecule has 0 aliphatic carbocycles. The molecule has 3 heteroatoms. The van der Waals surface area contributed by atoms with Crippen LogP contribution in [0.4, 0.5) is 0 Å². The number of benzene rings is 2. The molecular formula is C17H20ClNO. The lowest BCUT2D eigenvalue weighted by atomic mass is 9.94. The van der Waals surface area contributed by atoms with Crippen molar-refractivity contribution < 1.29 is 5.11 Å². The second-order valence-corrected chi connectivity index (χ2v) is 5.78. The SMILES string of the molecule is CC(C)c1ccc(C(N)C(O)c2cccc(Cl)c2)cc1. The molecule has 0 fully saturated rings. The third-order valence-corrected chi connectivity index (χ3v) is 3.75. The Morgan fingerprint density at radius 1 is 0.950 bits per heavy atom. The molecule has 0 amide bonds. The van der Waals surface area contributed by atoms with Gasteiger partial charge in [-0.2, -0.15) is 0 Å². The topological polar surface area (TPSA) is 46.2 Å². The van der Waals surface area contributed by atoms with Crippen molar-refractivity contribution in [2.45, 2.75) is 31.9 Å². The predicted molar refractivity (Wildman–Crippen MR) is 83.9 cm³/mol. The monoisotopic (exact) mass is 289 g/mol. The number of hydrogen-bond donors (Lipinski definition) is 2. The Bertz CT molecular complexity index is 565. The van der Waals surface area contributed by atoms with Crippen LogP contribution in [-0.2, 0) is 0 Å². The fourth-order valence-corrected chi connectivity index (χ4v) is 2.38. The Kier molecular flexibility index (Phi) is 4.81. The Morgan fingerprint density at radius 3 is 2.10 bits per heavy atom. The van der Waals surface area contributed by atoms with Crippen LogP contribution in [0.1, 0.15) is 48.6 Å². The number of aliphatic hydroxyl groups is 1. The van der Waals surface area contributed by atoms with Crippen LogP contribution in [0.5, 0.6) is 0 Å². The molecule has 0 heterocycles. The molecule has 2 aromatic carbocycles. The normalized spacial score (nSPS) is 14.3. The second kappa shape index (κ2) is 6.40. The van der Waals surface area contributed by atoms with E-state index in [-0.39, 0.29) is 0 Å². The molecule has 0 bridgehead atoms. The second-order valence-electron chi connectivity index (χ2n) is 5.35. The molecule has 0 aliphatic rings. The van der Waals surface area contributed by atoms with Crippen LogP contribution in [0.25, 0.3) is 0 Å². The Hall–Kier alpha value is -1.35. The van der Waals surface area contributed by atoms with Crippen molar-refractivity contribution in [1.29, 1.82) is 0 Å². The van der Waals surface area contributed by atoms with Crippen molar-refractivity contribution in [3.8, 4) is 0 Å². The average Bonchev–Trinajstić information content (AvgIpc) is 2.46. The van der Waals surface area contributed by atoms with Crippen LogP contribution in [0.2, 0.25) is 5.02 Å². The lowest BCUT2D eigenvalue weighted by molar-refractivity contribution is 0.147. The van der Waals surface area contributed by atoms with Crippen molar-refractivity contribution >= 4 is 11.6 Å². The quantitative estimate of drug-likeness (QED) is 0.886. The zero-order valence-electron chi connectivity index (χ0n) is 11.8. The van der Waals surface area contributed by atoms with E-state index in [2.05, 4.69) is 26.0 Å². The summed E-state index contributed by atoms with van der Waals surface area (Å²) in [5.74, 6) is 0.484. The first kappa shape index (κ1) is 15.0. The van der Waals surface area contributed by atoms with Crippen molar-refractivity contribution in [2.75, 3.05) is 0 Å². The van der Waals surface area contributed by atoms with E-state index in [1.54, 1.807) is 12.1 Å². The smallest absolute Gasteiger partial charge is 0.0983 e. The summed E-state index contributed by atoms with van der Waals surface area (Å²) in [5, 5.41) is 11.0. The van der Waals surface area contributed by atoms with Crippen LogP contribution < -0.4 is 5.73 Å². The largest absolute Gasteiger partial charge is 0.386 e. The van der Waals surface area contributed by atoms with E-state index in [4.69, 9.17) is 17.3 Å². The molecule has 20 heavy (non-hydrogen) atoms. The van der Waals surface area contributed by atoms with E-state index in [1.165, 1.54) is 5.56 Å². The maximum atomic E-state index is 10.4. The lowest BCUT2D eigenvalue weighted by Crippen LogP contribution is -2.19. The zero-order chi connectivity index (χ0) is 14.7.